The van der Waals surface area contributed by atoms with Crippen LogP contribution in [0.3, 0.4) is 0 Å². The van der Waals surface area contributed by atoms with E-state index in [1.807, 2.05) is 20.8 Å². The number of ether oxygens (including phenoxy) is 5. The molecule has 10 heteroatoms. The number of hydrogen-bond acceptors (Lipinski definition) is 10. The van der Waals surface area contributed by atoms with Crippen molar-refractivity contribution < 1.29 is 42.9 Å². The molecule has 232 valence electrons. The van der Waals surface area contributed by atoms with Gasteiger partial charge in [0.25, 0.3) is 0 Å². The van der Waals surface area contributed by atoms with Crippen LogP contribution < -0.4 is 15.2 Å². The standard InChI is InChI=1S/C31H49NO9/c1-9-12-14-16-26(33)39-24-19-18-23(20-25(24)40-27(34)17-15-13-10-2)31(8,32)28(35)37-21(4)22(5)38-29(36)41-30(6,7)11-3/h18-22H,9-17,32H2,1-8H3/t21-,22-,31-/m0/s1. The maximum atomic E-state index is 13.1. The molecule has 0 aliphatic carbocycles. The molecule has 0 radical (unpaired) electrons. The third-order valence-electron chi connectivity index (χ3n) is 6.83. The summed E-state index contributed by atoms with van der Waals surface area (Å²) < 4.78 is 27.1. The summed E-state index contributed by atoms with van der Waals surface area (Å²) in [7, 11) is 0. The van der Waals surface area contributed by atoms with Gasteiger partial charge in [0.2, 0.25) is 0 Å². The van der Waals surface area contributed by atoms with Crippen LogP contribution >= 0.6 is 0 Å². The molecule has 1 aromatic carbocycles. The highest BCUT2D eigenvalue weighted by molar-refractivity contribution is 5.83. The largest absolute Gasteiger partial charge is 0.509 e. The number of esters is 3. The SMILES string of the molecule is CCCCCC(=O)Oc1ccc([C@](C)(N)C(=O)O[C@@H](C)[C@H](C)OC(=O)OC(C)(C)CC)cc1OC(=O)CCCCC. The van der Waals surface area contributed by atoms with E-state index in [1.165, 1.54) is 25.1 Å². The second-order valence-electron chi connectivity index (χ2n) is 11.1. The number of hydrogen-bond donors (Lipinski definition) is 1. The van der Waals surface area contributed by atoms with Crippen LogP contribution in [0, 0.1) is 0 Å². The topological polar surface area (TPSA) is 140 Å². The predicted octanol–water partition coefficient (Wildman–Crippen LogP) is 6.49. The molecule has 0 spiro atoms. The third kappa shape index (κ3) is 12.5. The van der Waals surface area contributed by atoms with E-state index in [2.05, 4.69) is 0 Å². The summed E-state index contributed by atoms with van der Waals surface area (Å²) >= 11 is 0. The molecule has 1 aromatic rings. The molecule has 0 aliphatic rings. The molecule has 10 nitrogen and oxygen atoms in total. The summed E-state index contributed by atoms with van der Waals surface area (Å²) in [6.45, 7) is 14.1. The Hall–Kier alpha value is -3.14. The third-order valence-corrected chi connectivity index (χ3v) is 6.83. The van der Waals surface area contributed by atoms with Crippen LogP contribution in [0.5, 0.6) is 11.5 Å². The molecule has 0 fully saturated rings. The summed E-state index contributed by atoms with van der Waals surface area (Å²) in [6.07, 6.45) is 3.48. The summed E-state index contributed by atoms with van der Waals surface area (Å²) in [5.74, 6) is -1.69. The van der Waals surface area contributed by atoms with Crippen molar-refractivity contribution in [2.24, 2.45) is 5.73 Å². The number of nitrogens with two attached hydrogens (primary N) is 1. The van der Waals surface area contributed by atoms with Gasteiger partial charge in [-0.15, -0.1) is 0 Å². The minimum absolute atomic E-state index is 0.0108. The van der Waals surface area contributed by atoms with Crippen LogP contribution in [0.15, 0.2) is 18.2 Å². The summed E-state index contributed by atoms with van der Waals surface area (Å²) in [4.78, 5) is 50.2. The molecule has 41 heavy (non-hydrogen) atoms. The van der Waals surface area contributed by atoms with Gasteiger partial charge in [0.15, 0.2) is 11.5 Å². The first-order valence-electron chi connectivity index (χ1n) is 14.6. The Morgan fingerprint density at radius 3 is 1.80 bits per heavy atom. The van der Waals surface area contributed by atoms with E-state index in [0.717, 1.165) is 25.7 Å². The fourth-order valence-corrected chi connectivity index (χ4v) is 3.46. The van der Waals surface area contributed by atoms with Crippen LogP contribution in [0.1, 0.15) is 119 Å². The smallest absolute Gasteiger partial charge is 0.457 e. The highest BCUT2D eigenvalue weighted by atomic mass is 16.7. The molecular formula is C31H49NO9. The van der Waals surface area contributed by atoms with Gasteiger partial charge in [0.1, 0.15) is 23.3 Å². The van der Waals surface area contributed by atoms with Gasteiger partial charge < -0.3 is 29.4 Å². The molecular weight excluding hydrogens is 530 g/mol. The molecule has 0 heterocycles. The van der Waals surface area contributed by atoms with Crippen molar-refractivity contribution in [1.29, 1.82) is 0 Å². The second-order valence-corrected chi connectivity index (χ2v) is 11.1. The van der Waals surface area contributed by atoms with Gasteiger partial charge in [-0.2, -0.15) is 0 Å². The van der Waals surface area contributed by atoms with Gasteiger partial charge in [0, 0.05) is 12.8 Å². The van der Waals surface area contributed by atoms with Gasteiger partial charge in [-0.1, -0.05) is 52.5 Å². The van der Waals surface area contributed by atoms with E-state index in [4.69, 9.17) is 29.4 Å². The molecule has 0 saturated heterocycles. The number of benzene rings is 1. The summed E-state index contributed by atoms with van der Waals surface area (Å²) in [5.41, 5.74) is 4.31. The molecule has 0 unspecified atom stereocenters. The number of carbonyl (C=O) groups is 4. The molecule has 2 N–H and O–H groups in total. The first kappa shape index (κ1) is 35.9. The van der Waals surface area contributed by atoms with Crippen LogP contribution in [0.25, 0.3) is 0 Å². The van der Waals surface area contributed by atoms with Crippen LogP contribution in [-0.2, 0) is 34.1 Å². The minimum atomic E-state index is -1.67. The van der Waals surface area contributed by atoms with E-state index in [0.29, 0.717) is 19.3 Å². The maximum Gasteiger partial charge on any atom is 0.509 e. The lowest BCUT2D eigenvalue weighted by atomic mass is 9.93. The Kier molecular flexibility index (Phi) is 14.8. The van der Waals surface area contributed by atoms with Crippen LogP contribution in [-0.4, -0.2) is 41.9 Å². The lowest BCUT2D eigenvalue weighted by molar-refractivity contribution is -0.161. The maximum absolute atomic E-state index is 13.1. The normalized spacial score (nSPS) is 14.3. The van der Waals surface area contributed by atoms with Crippen molar-refractivity contribution in [3.8, 4) is 11.5 Å². The minimum Gasteiger partial charge on any atom is -0.457 e. The van der Waals surface area contributed by atoms with Gasteiger partial charge >= 0.3 is 24.1 Å². The number of unbranched alkanes of at least 4 members (excludes halogenated alkanes) is 4. The second kappa shape index (κ2) is 17.0. The monoisotopic (exact) mass is 579 g/mol. The average molecular weight is 580 g/mol. The number of carbonyl (C=O) groups excluding carboxylic acids is 4. The molecule has 0 aromatic heterocycles. The summed E-state index contributed by atoms with van der Waals surface area (Å²) in [5, 5.41) is 0. The van der Waals surface area contributed by atoms with Gasteiger partial charge in [-0.05, 0) is 71.6 Å². The van der Waals surface area contributed by atoms with Crippen molar-refractivity contribution in [2.75, 3.05) is 0 Å². The van der Waals surface area contributed by atoms with E-state index < -0.39 is 47.4 Å². The fourth-order valence-electron chi connectivity index (χ4n) is 3.46. The molecule has 0 saturated carbocycles. The van der Waals surface area contributed by atoms with Gasteiger partial charge in [-0.3, -0.25) is 9.59 Å². The highest BCUT2D eigenvalue weighted by Gasteiger charge is 2.36. The zero-order valence-corrected chi connectivity index (χ0v) is 26.0. The lowest BCUT2D eigenvalue weighted by Crippen LogP contribution is -2.46. The summed E-state index contributed by atoms with van der Waals surface area (Å²) in [6, 6.07) is 4.36. The van der Waals surface area contributed by atoms with E-state index >= 15 is 0 Å². The molecule has 0 bridgehead atoms. The average Bonchev–Trinajstić information content (AvgIpc) is 2.89. The Morgan fingerprint density at radius 2 is 1.29 bits per heavy atom. The van der Waals surface area contributed by atoms with Gasteiger partial charge in [-0.25, -0.2) is 9.59 Å². The van der Waals surface area contributed by atoms with Crippen molar-refractivity contribution in [2.45, 2.75) is 137 Å². The Morgan fingerprint density at radius 1 is 0.780 bits per heavy atom. The van der Waals surface area contributed by atoms with Crippen LogP contribution in [0.2, 0.25) is 0 Å². The van der Waals surface area contributed by atoms with Gasteiger partial charge in [0.05, 0.1) is 0 Å². The van der Waals surface area contributed by atoms with Crippen molar-refractivity contribution in [3.05, 3.63) is 23.8 Å². The Bertz CT molecular complexity index is 1020. The first-order chi connectivity index (χ1) is 19.2. The quantitative estimate of drug-likeness (QED) is 0.124. The fraction of sp³-hybridized carbons (Fsp3) is 0.677. The molecule has 1 rings (SSSR count). The Balaban J connectivity index is 3.08. The zero-order valence-electron chi connectivity index (χ0n) is 26.0. The van der Waals surface area contributed by atoms with Crippen molar-refractivity contribution in [1.82, 2.24) is 0 Å². The molecule has 0 amide bonds. The van der Waals surface area contributed by atoms with Crippen LogP contribution in [0.4, 0.5) is 4.79 Å². The van der Waals surface area contributed by atoms with Crippen molar-refractivity contribution in [3.63, 3.8) is 0 Å². The number of rotatable bonds is 17. The van der Waals surface area contributed by atoms with Crippen molar-refractivity contribution >= 4 is 24.1 Å². The van der Waals surface area contributed by atoms with E-state index in [1.54, 1.807) is 27.7 Å². The zero-order chi connectivity index (χ0) is 31.2. The first-order valence-corrected chi connectivity index (χ1v) is 14.6. The molecule has 3 atom stereocenters. The lowest BCUT2D eigenvalue weighted by Gasteiger charge is -2.29. The molecule has 0 aliphatic heterocycles. The Labute approximate surface area is 244 Å². The van der Waals surface area contributed by atoms with E-state index in [9.17, 15) is 19.2 Å². The highest BCUT2D eigenvalue weighted by Crippen LogP contribution is 2.33. The predicted molar refractivity (Wildman–Crippen MR) is 154 cm³/mol. The van der Waals surface area contributed by atoms with E-state index in [-0.39, 0.29) is 29.9 Å².